The van der Waals surface area contributed by atoms with Gasteiger partial charge in [-0.3, -0.25) is 14.3 Å². The first-order valence-electron chi connectivity index (χ1n) is 5.60. The second kappa shape index (κ2) is 4.03. The molecule has 2 heterocycles. The Bertz CT molecular complexity index is 537. The van der Waals surface area contributed by atoms with Crippen molar-refractivity contribution in [1.29, 1.82) is 0 Å². The van der Waals surface area contributed by atoms with Crippen LogP contribution in [-0.4, -0.2) is 26.9 Å². The van der Waals surface area contributed by atoms with Gasteiger partial charge in [0.15, 0.2) is 0 Å². The van der Waals surface area contributed by atoms with Gasteiger partial charge >= 0.3 is 5.69 Å². The first-order chi connectivity index (χ1) is 7.93. The molecule has 0 aromatic carbocycles. The van der Waals surface area contributed by atoms with Gasteiger partial charge in [-0.05, 0) is 26.7 Å². The van der Waals surface area contributed by atoms with Crippen molar-refractivity contribution in [2.75, 3.05) is 6.61 Å². The molecule has 6 heteroatoms. The Morgan fingerprint density at radius 2 is 2.24 bits per heavy atom. The predicted octanol–water partition coefficient (Wildman–Crippen LogP) is 0.120. The highest BCUT2D eigenvalue weighted by molar-refractivity contribution is 5.20. The summed E-state index contributed by atoms with van der Waals surface area (Å²) in [6, 6.07) is 0. The lowest BCUT2D eigenvalue weighted by Crippen LogP contribution is -2.38. The van der Waals surface area contributed by atoms with Gasteiger partial charge in [-0.15, -0.1) is 0 Å². The van der Waals surface area contributed by atoms with Crippen LogP contribution in [0.5, 0.6) is 5.88 Å². The van der Waals surface area contributed by atoms with E-state index in [0.717, 1.165) is 17.4 Å². The van der Waals surface area contributed by atoms with Crippen molar-refractivity contribution in [1.82, 2.24) is 9.55 Å². The third-order valence-electron chi connectivity index (χ3n) is 3.19. The molecule has 2 N–H and O–H groups in total. The highest BCUT2D eigenvalue weighted by Gasteiger charge is 2.31. The minimum absolute atomic E-state index is 0.145. The molecule has 0 bridgehead atoms. The minimum Gasteiger partial charge on any atom is -0.494 e. The summed E-state index contributed by atoms with van der Waals surface area (Å²) in [7, 11) is 0. The summed E-state index contributed by atoms with van der Waals surface area (Å²) in [5, 5.41) is 9.82. The van der Waals surface area contributed by atoms with E-state index in [1.165, 1.54) is 6.92 Å². The number of hydrogen-bond donors (Lipinski definition) is 2. The Morgan fingerprint density at radius 1 is 1.53 bits per heavy atom. The number of nitrogens with one attached hydrogen (secondary N) is 1. The first-order valence-corrected chi connectivity index (χ1v) is 5.60. The molecule has 0 spiro atoms. The van der Waals surface area contributed by atoms with E-state index < -0.39 is 16.9 Å². The van der Waals surface area contributed by atoms with Crippen LogP contribution in [-0.2, 0) is 11.3 Å². The summed E-state index contributed by atoms with van der Waals surface area (Å²) >= 11 is 0. The summed E-state index contributed by atoms with van der Waals surface area (Å²) in [5.74, 6) is -0.282. The van der Waals surface area contributed by atoms with Crippen LogP contribution in [0, 0.1) is 6.92 Å². The fraction of sp³-hybridized carbons (Fsp3) is 0.636. The number of H-pyrrole nitrogens is 1. The van der Waals surface area contributed by atoms with E-state index in [1.807, 2.05) is 6.92 Å². The SMILES string of the molecule is Cc1c(O)n(CC2(C)CCCO2)c(=O)[nH]c1=O. The molecule has 1 aliphatic heterocycles. The summed E-state index contributed by atoms with van der Waals surface area (Å²) in [6.45, 7) is 4.28. The van der Waals surface area contributed by atoms with Crippen LogP contribution in [0.3, 0.4) is 0 Å². The number of rotatable bonds is 2. The monoisotopic (exact) mass is 240 g/mol. The average molecular weight is 240 g/mol. The van der Waals surface area contributed by atoms with Crippen molar-refractivity contribution < 1.29 is 9.84 Å². The van der Waals surface area contributed by atoms with Gasteiger partial charge in [0.2, 0.25) is 5.88 Å². The van der Waals surface area contributed by atoms with Crippen LogP contribution >= 0.6 is 0 Å². The van der Waals surface area contributed by atoms with Gasteiger partial charge in [0.25, 0.3) is 5.56 Å². The maximum atomic E-state index is 11.6. The highest BCUT2D eigenvalue weighted by atomic mass is 16.5. The van der Waals surface area contributed by atoms with Crippen LogP contribution < -0.4 is 11.2 Å². The van der Waals surface area contributed by atoms with Crippen LogP contribution in [0.25, 0.3) is 0 Å². The quantitative estimate of drug-likeness (QED) is 0.769. The van der Waals surface area contributed by atoms with Gasteiger partial charge in [-0.1, -0.05) is 0 Å². The molecule has 0 amide bonds. The predicted molar refractivity (Wildman–Crippen MR) is 61.3 cm³/mol. The standard InChI is InChI=1S/C11H16N2O4/c1-7-8(14)12-10(16)13(9(7)15)6-11(2)4-3-5-17-11/h15H,3-6H2,1-2H3,(H,12,14,16). The normalized spacial score (nSPS) is 24.1. The highest BCUT2D eigenvalue weighted by Crippen LogP contribution is 2.27. The number of aromatic amines is 1. The summed E-state index contributed by atoms with van der Waals surface area (Å²) in [5.41, 5.74) is -1.46. The Hall–Kier alpha value is -1.56. The molecule has 17 heavy (non-hydrogen) atoms. The van der Waals surface area contributed by atoms with Crippen molar-refractivity contribution in [3.63, 3.8) is 0 Å². The molecule has 0 saturated carbocycles. The Kier molecular flexibility index (Phi) is 2.82. The van der Waals surface area contributed by atoms with Gasteiger partial charge in [-0.2, -0.15) is 0 Å². The van der Waals surface area contributed by atoms with Gasteiger partial charge in [0.1, 0.15) is 0 Å². The van der Waals surface area contributed by atoms with E-state index in [9.17, 15) is 14.7 Å². The number of aromatic hydroxyl groups is 1. The Labute approximate surface area is 97.9 Å². The van der Waals surface area contributed by atoms with E-state index in [1.54, 1.807) is 0 Å². The fourth-order valence-electron chi connectivity index (χ4n) is 2.10. The lowest BCUT2D eigenvalue weighted by Gasteiger charge is -2.24. The van der Waals surface area contributed by atoms with Crippen LogP contribution in [0.2, 0.25) is 0 Å². The van der Waals surface area contributed by atoms with Gasteiger partial charge < -0.3 is 9.84 Å². The second-order valence-corrected chi connectivity index (χ2v) is 4.70. The molecule has 1 fully saturated rings. The van der Waals surface area contributed by atoms with Crippen LogP contribution in [0.15, 0.2) is 9.59 Å². The van der Waals surface area contributed by atoms with Crippen molar-refractivity contribution in [3.05, 3.63) is 26.4 Å². The third kappa shape index (κ3) is 2.12. The van der Waals surface area contributed by atoms with E-state index in [0.29, 0.717) is 6.61 Å². The van der Waals surface area contributed by atoms with Crippen LogP contribution in [0.4, 0.5) is 0 Å². The molecule has 6 nitrogen and oxygen atoms in total. The first kappa shape index (κ1) is 11.9. The van der Waals surface area contributed by atoms with Crippen molar-refractivity contribution in [2.45, 2.75) is 38.8 Å². The lowest BCUT2D eigenvalue weighted by molar-refractivity contribution is 0.00351. The van der Waals surface area contributed by atoms with E-state index >= 15 is 0 Å². The van der Waals surface area contributed by atoms with Crippen molar-refractivity contribution >= 4 is 0 Å². The van der Waals surface area contributed by atoms with Gasteiger partial charge in [0.05, 0.1) is 17.7 Å². The largest absolute Gasteiger partial charge is 0.494 e. The molecule has 1 aromatic rings. The zero-order valence-electron chi connectivity index (χ0n) is 9.95. The van der Waals surface area contributed by atoms with E-state index in [2.05, 4.69) is 4.98 Å². The zero-order chi connectivity index (χ0) is 12.6. The smallest absolute Gasteiger partial charge is 0.331 e. The number of hydrogen-bond acceptors (Lipinski definition) is 4. The molecule has 94 valence electrons. The Morgan fingerprint density at radius 3 is 2.82 bits per heavy atom. The second-order valence-electron chi connectivity index (χ2n) is 4.70. The molecular formula is C11H16N2O4. The summed E-state index contributed by atoms with van der Waals surface area (Å²) < 4.78 is 6.72. The zero-order valence-corrected chi connectivity index (χ0v) is 9.95. The molecular weight excluding hydrogens is 224 g/mol. The van der Waals surface area contributed by atoms with Crippen LogP contribution in [0.1, 0.15) is 25.3 Å². The van der Waals surface area contributed by atoms with E-state index in [-0.39, 0.29) is 18.0 Å². The van der Waals surface area contributed by atoms with Gasteiger partial charge in [0, 0.05) is 6.61 Å². The average Bonchev–Trinajstić information content (AvgIpc) is 2.69. The maximum Gasteiger partial charge on any atom is 0.331 e. The molecule has 0 aliphatic carbocycles. The third-order valence-corrected chi connectivity index (χ3v) is 3.19. The summed E-state index contributed by atoms with van der Waals surface area (Å²) in [4.78, 5) is 25.1. The summed E-state index contributed by atoms with van der Waals surface area (Å²) in [6.07, 6.45) is 1.77. The van der Waals surface area contributed by atoms with Crippen molar-refractivity contribution in [3.8, 4) is 5.88 Å². The number of aromatic nitrogens is 2. The number of ether oxygens (including phenoxy) is 1. The van der Waals surface area contributed by atoms with Gasteiger partial charge in [-0.25, -0.2) is 4.79 Å². The van der Waals surface area contributed by atoms with Crippen molar-refractivity contribution in [2.24, 2.45) is 0 Å². The molecule has 1 aromatic heterocycles. The molecule has 1 unspecified atom stereocenters. The molecule has 2 rings (SSSR count). The topological polar surface area (TPSA) is 84.3 Å². The molecule has 1 saturated heterocycles. The number of nitrogens with zero attached hydrogens (tertiary/aromatic N) is 1. The Balaban J connectivity index is 2.43. The van der Waals surface area contributed by atoms with E-state index in [4.69, 9.17) is 4.74 Å². The maximum absolute atomic E-state index is 11.6. The molecule has 1 aliphatic rings. The lowest BCUT2D eigenvalue weighted by atomic mass is 10.0. The minimum atomic E-state index is -0.602. The fourth-order valence-corrected chi connectivity index (χ4v) is 2.10. The molecule has 1 atom stereocenters. The molecule has 0 radical (unpaired) electrons.